The van der Waals surface area contributed by atoms with Gasteiger partial charge in [-0.05, 0) is 118 Å². The Hall–Kier alpha value is -4.70. The van der Waals surface area contributed by atoms with Crippen LogP contribution in [-0.4, -0.2) is 12.1 Å². The van der Waals surface area contributed by atoms with E-state index in [1.165, 1.54) is 45.0 Å². The second-order valence-electron chi connectivity index (χ2n) is 11.5. The Kier molecular flexibility index (Phi) is 7.38. The van der Waals surface area contributed by atoms with Crippen molar-refractivity contribution < 1.29 is 9.47 Å². The zero-order valence-corrected chi connectivity index (χ0v) is 25.3. The predicted molar refractivity (Wildman–Crippen MR) is 175 cm³/mol. The SMILES string of the molecule is Cc1cc(Oc2ccccc2)ccc1-c1ccc2c(c1)N(C(C)C)c1c(C)cc(Oc3ccccc3)cc1N2C(C)C. The summed E-state index contributed by atoms with van der Waals surface area (Å²) < 4.78 is 12.4. The highest BCUT2D eigenvalue weighted by molar-refractivity contribution is 5.97. The average molecular weight is 555 g/mol. The fraction of sp³-hybridized carbons (Fsp3) is 0.211. The molecule has 0 saturated heterocycles. The van der Waals surface area contributed by atoms with Gasteiger partial charge in [-0.3, -0.25) is 0 Å². The number of anilines is 4. The summed E-state index contributed by atoms with van der Waals surface area (Å²) >= 11 is 0. The number of nitrogens with zero attached hydrogens (tertiary/aromatic N) is 2. The molecule has 0 unspecified atom stereocenters. The summed E-state index contributed by atoms with van der Waals surface area (Å²) in [6.07, 6.45) is 0. The second-order valence-corrected chi connectivity index (χ2v) is 11.5. The zero-order valence-electron chi connectivity index (χ0n) is 25.3. The third-order valence-electron chi connectivity index (χ3n) is 7.75. The third-order valence-corrected chi connectivity index (χ3v) is 7.75. The number of benzene rings is 5. The van der Waals surface area contributed by atoms with E-state index in [9.17, 15) is 0 Å². The summed E-state index contributed by atoms with van der Waals surface area (Å²) in [7, 11) is 0. The van der Waals surface area contributed by atoms with Crippen molar-refractivity contribution in [1.29, 1.82) is 0 Å². The smallest absolute Gasteiger partial charge is 0.129 e. The van der Waals surface area contributed by atoms with Crippen LogP contribution in [-0.2, 0) is 0 Å². The number of para-hydroxylation sites is 2. The van der Waals surface area contributed by atoms with E-state index in [1.807, 2.05) is 60.7 Å². The topological polar surface area (TPSA) is 24.9 Å². The molecular formula is C38H38N2O2. The summed E-state index contributed by atoms with van der Waals surface area (Å²) in [6.45, 7) is 13.4. The summed E-state index contributed by atoms with van der Waals surface area (Å²) in [6, 6.07) is 38.0. The quantitative estimate of drug-likeness (QED) is 0.200. The Morgan fingerprint density at radius 1 is 0.476 bits per heavy atom. The van der Waals surface area contributed by atoms with E-state index < -0.39 is 0 Å². The lowest BCUT2D eigenvalue weighted by Crippen LogP contribution is -2.37. The van der Waals surface area contributed by atoms with E-state index >= 15 is 0 Å². The predicted octanol–water partition coefficient (Wildman–Crippen LogP) is 11.0. The molecule has 0 atom stereocenters. The van der Waals surface area contributed by atoms with E-state index in [4.69, 9.17) is 9.47 Å². The van der Waals surface area contributed by atoms with Gasteiger partial charge in [0, 0.05) is 18.2 Å². The molecule has 0 fully saturated rings. The van der Waals surface area contributed by atoms with E-state index in [1.54, 1.807) is 0 Å². The number of ether oxygens (including phenoxy) is 2. The number of hydrogen-bond acceptors (Lipinski definition) is 4. The molecule has 1 heterocycles. The van der Waals surface area contributed by atoms with Crippen LogP contribution in [0.2, 0.25) is 0 Å². The first-order chi connectivity index (χ1) is 20.3. The fourth-order valence-electron chi connectivity index (χ4n) is 5.99. The van der Waals surface area contributed by atoms with Crippen LogP contribution in [0.25, 0.3) is 11.1 Å². The van der Waals surface area contributed by atoms with Gasteiger partial charge in [-0.25, -0.2) is 0 Å². The largest absolute Gasteiger partial charge is 0.457 e. The number of fused-ring (bicyclic) bond motifs is 2. The van der Waals surface area contributed by atoms with Crippen LogP contribution >= 0.6 is 0 Å². The first kappa shape index (κ1) is 27.5. The van der Waals surface area contributed by atoms with Crippen LogP contribution in [0.1, 0.15) is 38.8 Å². The highest BCUT2D eigenvalue weighted by atomic mass is 16.5. The molecule has 1 aliphatic heterocycles. The minimum absolute atomic E-state index is 0.255. The van der Waals surface area contributed by atoms with Gasteiger partial charge < -0.3 is 19.3 Å². The summed E-state index contributed by atoms with van der Waals surface area (Å²) in [5.74, 6) is 3.37. The number of rotatable bonds is 7. The van der Waals surface area contributed by atoms with Crippen molar-refractivity contribution in [2.45, 2.75) is 53.6 Å². The lowest BCUT2D eigenvalue weighted by molar-refractivity contribution is 0.482. The third kappa shape index (κ3) is 5.21. The molecule has 212 valence electrons. The fourth-order valence-corrected chi connectivity index (χ4v) is 5.99. The van der Waals surface area contributed by atoms with Gasteiger partial charge in [0.05, 0.1) is 22.7 Å². The van der Waals surface area contributed by atoms with E-state index in [2.05, 4.69) is 99.9 Å². The van der Waals surface area contributed by atoms with Crippen molar-refractivity contribution in [2.24, 2.45) is 0 Å². The first-order valence-electron chi connectivity index (χ1n) is 14.7. The Bertz CT molecular complexity index is 1710. The molecule has 6 rings (SSSR count). The molecule has 4 nitrogen and oxygen atoms in total. The highest BCUT2D eigenvalue weighted by Gasteiger charge is 2.33. The molecule has 0 bridgehead atoms. The minimum atomic E-state index is 0.255. The molecule has 4 heteroatoms. The highest BCUT2D eigenvalue weighted by Crippen LogP contribution is 2.53. The molecule has 0 amide bonds. The van der Waals surface area contributed by atoms with Gasteiger partial charge in [-0.2, -0.15) is 0 Å². The summed E-state index contributed by atoms with van der Waals surface area (Å²) in [4.78, 5) is 4.93. The maximum absolute atomic E-state index is 6.32. The molecule has 0 aromatic heterocycles. The molecule has 0 radical (unpaired) electrons. The molecule has 5 aromatic rings. The maximum atomic E-state index is 6.32. The van der Waals surface area contributed by atoms with Crippen LogP contribution in [0.5, 0.6) is 23.0 Å². The van der Waals surface area contributed by atoms with Crippen LogP contribution < -0.4 is 19.3 Å². The van der Waals surface area contributed by atoms with Gasteiger partial charge in [0.2, 0.25) is 0 Å². The zero-order chi connectivity index (χ0) is 29.4. The molecule has 42 heavy (non-hydrogen) atoms. The molecule has 5 aromatic carbocycles. The Labute approximate surface area is 249 Å². The minimum Gasteiger partial charge on any atom is -0.457 e. The maximum Gasteiger partial charge on any atom is 0.129 e. The normalized spacial score (nSPS) is 12.4. The van der Waals surface area contributed by atoms with Gasteiger partial charge in [0.15, 0.2) is 0 Å². The van der Waals surface area contributed by atoms with E-state index in [0.29, 0.717) is 0 Å². The molecule has 0 N–H and O–H groups in total. The van der Waals surface area contributed by atoms with E-state index in [0.717, 1.165) is 23.0 Å². The van der Waals surface area contributed by atoms with Gasteiger partial charge in [0.1, 0.15) is 23.0 Å². The van der Waals surface area contributed by atoms with Crippen molar-refractivity contribution in [1.82, 2.24) is 0 Å². The molecule has 0 spiro atoms. The standard InChI is InChI=1S/C38H38N2O2/c1-25(2)39-35-20-17-29(34-19-18-32(21-27(34)5)41-30-13-9-7-10-14-30)23-36(35)40(26(3)4)38-28(6)22-33(24-37(38)39)42-31-15-11-8-12-16-31/h7-26H,1-6H3. The molecule has 0 aliphatic carbocycles. The van der Waals surface area contributed by atoms with Crippen molar-refractivity contribution in [2.75, 3.05) is 9.80 Å². The van der Waals surface area contributed by atoms with Gasteiger partial charge >= 0.3 is 0 Å². The van der Waals surface area contributed by atoms with Gasteiger partial charge in [-0.1, -0.05) is 48.5 Å². The molecular weight excluding hydrogens is 516 g/mol. The van der Waals surface area contributed by atoms with Crippen molar-refractivity contribution in [3.8, 4) is 34.1 Å². The molecule has 1 aliphatic rings. The summed E-state index contributed by atoms with van der Waals surface area (Å²) in [5.41, 5.74) is 9.57. The van der Waals surface area contributed by atoms with Crippen LogP contribution in [0, 0.1) is 13.8 Å². The lowest BCUT2D eigenvalue weighted by atomic mass is 9.95. The van der Waals surface area contributed by atoms with E-state index in [-0.39, 0.29) is 12.1 Å². The Morgan fingerprint density at radius 2 is 1.07 bits per heavy atom. The van der Waals surface area contributed by atoms with Crippen LogP contribution in [0.4, 0.5) is 22.7 Å². The lowest BCUT2D eigenvalue weighted by Gasteiger charge is -2.45. The van der Waals surface area contributed by atoms with Crippen LogP contribution in [0.15, 0.2) is 109 Å². The average Bonchev–Trinajstić information content (AvgIpc) is 2.96. The number of hydrogen-bond donors (Lipinski definition) is 0. The first-order valence-corrected chi connectivity index (χ1v) is 14.7. The summed E-state index contributed by atoms with van der Waals surface area (Å²) in [5, 5.41) is 0. The van der Waals surface area contributed by atoms with Crippen molar-refractivity contribution in [3.63, 3.8) is 0 Å². The Morgan fingerprint density at radius 3 is 1.67 bits per heavy atom. The van der Waals surface area contributed by atoms with Gasteiger partial charge in [-0.15, -0.1) is 0 Å². The van der Waals surface area contributed by atoms with Crippen molar-refractivity contribution in [3.05, 3.63) is 120 Å². The molecule has 0 saturated carbocycles. The van der Waals surface area contributed by atoms with Crippen LogP contribution in [0.3, 0.4) is 0 Å². The second kappa shape index (κ2) is 11.3. The van der Waals surface area contributed by atoms with Gasteiger partial charge in [0.25, 0.3) is 0 Å². The monoisotopic (exact) mass is 554 g/mol. The van der Waals surface area contributed by atoms with Crippen molar-refractivity contribution >= 4 is 22.7 Å². The number of aryl methyl sites for hydroxylation is 2. The Balaban J connectivity index is 1.42.